The first-order valence-electron chi connectivity index (χ1n) is 6.75. The van der Waals surface area contributed by atoms with Crippen LogP contribution in [0, 0.1) is 0 Å². The van der Waals surface area contributed by atoms with Gasteiger partial charge in [-0.1, -0.05) is 44.7 Å². The molecule has 1 aliphatic rings. The maximum atomic E-state index is 11.9. The van der Waals surface area contributed by atoms with Crippen LogP contribution in [-0.2, 0) is 21.4 Å². The molecule has 19 heavy (non-hydrogen) atoms. The largest absolute Gasteiger partial charge is 0.455 e. The van der Waals surface area contributed by atoms with Crippen molar-refractivity contribution in [2.75, 3.05) is 0 Å². The minimum Gasteiger partial charge on any atom is -0.455 e. The Labute approximate surface area is 115 Å². The summed E-state index contributed by atoms with van der Waals surface area (Å²) in [5, 5.41) is 0. The molecule has 0 heterocycles. The van der Waals surface area contributed by atoms with E-state index in [1.807, 2.05) is 13.0 Å². The number of carbonyl (C=O) groups excluding carboxylic acids is 1. The number of ether oxygens (including phenoxy) is 1. The Kier molecular flexibility index (Phi) is 3.29. The van der Waals surface area contributed by atoms with Crippen molar-refractivity contribution in [2.45, 2.75) is 51.6 Å². The normalized spacial score (nSPS) is 24.4. The van der Waals surface area contributed by atoms with Crippen molar-refractivity contribution in [3.8, 4) is 0 Å². The average Bonchev–Trinajstić information content (AvgIpc) is 2.35. The molecule has 2 rings (SSSR count). The summed E-state index contributed by atoms with van der Waals surface area (Å²) in [5.74, 6) is -0.296. The molecule has 0 aromatic heterocycles. The van der Waals surface area contributed by atoms with E-state index in [2.05, 4.69) is 38.6 Å². The predicted octanol–water partition coefficient (Wildman–Crippen LogP) is 3.79. The molecule has 1 atom stereocenters. The Balaban J connectivity index is 2.40. The van der Waals surface area contributed by atoms with Crippen LogP contribution in [0.2, 0.25) is 0 Å². The number of rotatable bonds is 2. The molecule has 102 valence electrons. The lowest BCUT2D eigenvalue weighted by Gasteiger charge is -2.48. The van der Waals surface area contributed by atoms with Gasteiger partial charge in [0.15, 0.2) is 0 Å². The molecule has 1 unspecified atom stereocenters. The summed E-state index contributed by atoms with van der Waals surface area (Å²) in [6, 6.07) is 8.42. The molecule has 1 aromatic rings. The van der Waals surface area contributed by atoms with Crippen LogP contribution in [0.1, 0.15) is 45.2 Å². The number of hydrogen-bond acceptors (Lipinski definition) is 2. The van der Waals surface area contributed by atoms with E-state index in [1.165, 1.54) is 11.1 Å². The molecule has 0 saturated carbocycles. The van der Waals surface area contributed by atoms with Crippen LogP contribution in [0.25, 0.3) is 0 Å². The van der Waals surface area contributed by atoms with Gasteiger partial charge in [-0.05, 0) is 37.8 Å². The summed E-state index contributed by atoms with van der Waals surface area (Å²) in [6.45, 7) is 11.7. The zero-order valence-corrected chi connectivity index (χ0v) is 12.2. The highest BCUT2D eigenvalue weighted by Crippen LogP contribution is 2.46. The summed E-state index contributed by atoms with van der Waals surface area (Å²) in [6.07, 6.45) is 1.79. The molecular weight excluding hydrogens is 236 g/mol. The van der Waals surface area contributed by atoms with E-state index < -0.39 is 5.60 Å². The van der Waals surface area contributed by atoms with Crippen LogP contribution < -0.4 is 0 Å². The standard InChI is InChI=1S/C17H22O2/c1-12(2)15(18)19-17(5)11-10-13-8-6-7-9-14(13)16(17,3)4/h6-9H,1,10-11H2,2-5H3. The summed E-state index contributed by atoms with van der Waals surface area (Å²) in [4.78, 5) is 11.9. The first-order valence-corrected chi connectivity index (χ1v) is 6.75. The second kappa shape index (κ2) is 4.52. The van der Waals surface area contributed by atoms with Gasteiger partial charge in [0.2, 0.25) is 0 Å². The van der Waals surface area contributed by atoms with Crippen molar-refractivity contribution >= 4 is 5.97 Å². The predicted molar refractivity (Wildman–Crippen MR) is 77.1 cm³/mol. The molecule has 0 fully saturated rings. The maximum Gasteiger partial charge on any atom is 0.333 e. The van der Waals surface area contributed by atoms with E-state index in [-0.39, 0.29) is 11.4 Å². The van der Waals surface area contributed by atoms with Crippen molar-refractivity contribution in [3.05, 3.63) is 47.5 Å². The van der Waals surface area contributed by atoms with Gasteiger partial charge < -0.3 is 4.74 Å². The number of fused-ring (bicyclic) bond motifs is 1. The highest BCUT2D eigenvalue weighted by molar-refractivity contribution is 5.87. The van der Waals surface area contributed by atoms with Crippen molar-refractivity contribution in [1.29, 1.82) is 0 Å². The molecule has 0 spiro atoms. The molecule has 0 radical (unpaired) electrons. The summed E-state index contributed by atoms with van der Waals surface area (Å²) >= 11 is 0. The van der Waals surface area contributed by atoms with E-state index >= 15 is 0 Å². The fourth-order valence-electron chi connectivity index (χ4n) is 2.79. The second-order valence-corrected chi connectivity index (χ2v) is 6.18. The molecule has 2 nitrogen and oxygen atoms in total. The Morgan fingerprint density at radius 1 is 1.26 bits per heavy atom. The first-order chi connectivity index (χ1) is 8.78. The molecule has 0 aliphatic heterocycles. The Hall–Kier alpha value is -1.57. The van der Waals surface area contributed by atoms with E-state index in [9.17, 15) is 4.79 Å². The van der Waals surface area contributed by atoms with Crippen LogP contribution in [0.15, 0.2) is 36.4 Å². The molecule has 0 saturated heterocycles. The number of carbonyl (C=O) groups is 1. The topological polar surface area (TPSA) is 26.3 Å². The zero-order valence-electron chi connectivity index (χ0n) is 12.2. The van der Waals surface area contributed by atoms with Crippen molar-refractivity contribution < 1.29 is 9.53 Å². The van der Waals surface area contributed by atoms with Gasteiger partial charge in [-0.2, -0.15) is 0 Å². The third-order valence-electron chi connectivity index (χ3n) is 4.55. The second-order valence-electron chi connectivity index (χ2n) is 6.18. The highest BCUT2D eigenvalue weighted by Gasteiger charge is 2.48. The summed E-state index contributed by atoms with van der Waals surface area (Å²) in [7, 11) is 0. The molecule has 1 aliphatic carbocycles. The van der Waals surface area contributed by atoms with E-state index in [1.54, 1.807) is 6.92 Å². The van der Waals surface area contributed by atoms with Crippen molar-refractivity contribution in [2.24, 2.45) is 0 Å². The molecule has 0 N–H and O–H groups in total. The Bertz CT molecular complexity index is 528. The van der Waals surface area contributed by atoms with Gasteiger partial charge in [0.1, 0.15) is 5.60 Å². The maximum absolute atomic E-state index is 11.9. The minimum atomic E-state index is -0.489. The molecule has 1 aromatic carbocycles. The van der Waals surface area contributed by atoms with Gasteiger partial charge in [0.25, 0.3) is 0 Å². The summed E-state index contributed by atoms with van der Waals surface area (Å²) in [5.41, 5.74) is 2.40. The monoisotopic (exact) mass is 258 g/mol. The van der Waals surface area contributed by atoms with E-state index in [0.717, 1.165) is 12.8 Å². The number of esters is 1. The fourth-order valence-corrected chi connectivity index (χ4v) is 2.79. The van der Waals surface area contributed by atoms with Gasteiger partial charge >= 0.3 is 5.97 Å². The van der Waals surface area contributed by atoms with Crippen LogP contribution in [0.3, 0.4) is 0 Å². The van der Waals surface area contributed by atoms with Gasteiger partial charge in [-0.25, -0.2) is 4.79 Å². The summed E-state index contributed by atoms with van der Waals surface area (Å²) < 4.78 is 5.77. The molecule has 0 bridgehead atoms. The van der Waals surface area contributed by atoms with Crippen LogP contribution in [-0.4, -0.2) is 11.6 Å². The van der Waals surface area contributed by atoms with Crippen molar-refractivity contribution in [3.63, 3.8) is 0 Å². The Morgan fingerprint density at radius 3 is 2.53 bits per heavy atom. The smallest absolute Gasteiger partial charge is 0.333 e. The van der Waals surface area contributed by atoms with Crippen molar-refractivity contribution in [1.82, 2.24) is 0 Å². The minimum absolute atomic E-state index is 0.201. The Morgan fingerprint density at radius 2 is 1.89 bits per heavy atom. The lowest BCUT2D eigenvalue weighted by molar-refractivity contribution is -0.162. The SMILES string of the molecule is C=C(C)C(=O)OC1(C)CCc2ccccc2C1(C)C. The molecular formula is C17H22O2. The zero-order chi connectivity index (χ0) is 14.3. The van der Waals surface area contributed by atoms with E-state index in [4.69, 9.17) is 4.74 Å². The number of aryl methyl sites for hydroxylation is 1. The van der Waals surface area contributed by atoms with Gasteiger partial charge in [-0.3, -0.25) is 0 Å². The fraction of sp³-hybridized carbons (Fsp3) is 0.471. The van der Waals surface area contributed by atoms with Gasteiger partial charge in [0.05, 0.1) is 0 Å². The third kappa shape index (κ3) is 2.20. The van der Waals surface area contributed by atoms with Crippen LogP contribution in [0.4, 0.5) is 0 Å². The van der Waals surface area contributed by atoms with E-state index in [0.29, 0.717) is 5.57 Å². The number of benzene rings is 1. The number of hydrogen-bond donors (Lipinski definition) is 0. The lowest BCUT2D eigenvalue weighted by atomic mass is 9.63. The van der Waals surface area contributed by atoms with Crippen LogP contribution >= 0.6 is 0 Å². The lowest BCUT2D eigenvalue weighted by Crippen LogP contribution is -2.52. The van der Waals surface area contributed by atoms with Gasteiger partial charge in [0, 0.05) is 11.0 Å². The average molecular weight is 258 g/mol. The highest BCUT2D eigenvalue weighted by atomic mass is 16.6. The third-order valence-corrected chi connectivity index (χ3v) is 4.55. The van der Waals surface area contributed by atoms with Crippen LogP contribution in [0.5, 0.6) is 0 Å². The quantitative estimate of drug-likeness (QED) is 0.596. The van der Waals surface area contributed by atoms with Gasteiger partial charge in [-0.15, -0.1) is 0 Å². The molecule has 2 heteroatoms. The molecule has 0 amide bonds. The first kappa shape index (κ1) is 13.9.